The molecule has 1 aliphatic heterocycles. The van der Waals surface area contributed by atoms with Gasteiger partial charge >= 0.3 is 13.5 Å². The van der Waals surface area contributed by atoms with Gasteiger partial charge in [-0.25, -0.2) is 4.79 Å². The second kappa shape index (κ2) is 9.42. The molecule has 0 unspecified atom stereocenters. The van der Waals surface area contributed by atoms with Gasteiger partial charge in [0.15, 0.2) is 6.61 Å². The summed E-state index contributed by atoms with van der Waals surface area (Å²) in [4.78, 5) is 26.8. The first-order chi connectivity index (χ1) is 17.5. The molecule has 0 aromatic heterocycles. The van der Waals surface area contributed by atoms with E-state index >= 15 is 0 Å². The highest BCUT2D eigenvalue weighted by atomic mass is 35.5. The Labute approximate surface area is 225 Å². The molecule has 6 nitrogen and oxygen atoms in total. The van der Waals surface area contributed by atoms with Crippen LogP contribution in [0, 0.1) is 34.0 Å². The SMILES string of the molecule is C=C[C@]1(C)C[C@@H](OC(=O)COc2ccc3c(c2Cl)[B]OC3)[C@]2(C)[C@H](C)CC[C@]3(CCC(=O)[C@H]32)[C@@H](C)[C@@H]1O. The molecular weight excluding hydrogens is 491 g/mol. The van der Waals surface area contributed by atoms with E-state index in [0.29, 0.717) is 30.2 Å². The molecule has 8 atom stereocenters. The summed E-state index contributed by atoms with van der Waals surface area (Å²) >= 11 is 6.48. The molecule has 3 aliphatic carbocycles. The van der Waals surface area contributed by atoms with Crippen LogP contribution in [0.5, 0.6) is 5.75 Å². The van der Waals surface area contributed by atoms with Crippen LogP contribution >= 0.6 is 11.6 Å². The van der Waals surface area contributed by atoms with Crippen molar-refractivity contribution >= 4 is 36.3 Å². The van der Waals surface area contributed by atoms with Crippen LogP contribution in [-0.4, -0.2) is 43.2 Å². The van der Waals surface area contributed by atoms with Crippen LogP contribution in [0.4, 0.5) is 0 Å². The lowest BCUT2D eigenvalue weighted by Gasteiger charge is -2.61. The van der Waals surface area contributed by atoms with E-state index in [0.717, 1.165) is 30.3 Å². The van der Waals surface area contributed by atoms with Crippen molar-refractivity contribution in [2.45, 2.75) is 78.6 Å². The highest BCUT2D eigenvalue weighted by Gasteiger charge is 2.68. The molecule has 5 rings (SSSR count). The number of esters is 1. The first-order valence-corrected chi connectivity index (χ1v) is 13.8. The number of carbonyl (C=O) groups excluding carboxylic acids is 2. The van der Waals surface area contributed by atoms with Gasteiger partial charge in [0.1, 0.15) is 17.6 Å². The van der Waals surface area contributed by atoms with Crippen molar-refractivity contribution in [3.8, 4) is 5.75 Å². The van der Waals surface area contributed by atoms with E-state index in [1.54, 1.807) is 19.6 Å². The monoisotopic (exact) mass is 527 g/mol. The van der Waals surface area contributed by atoms with E-state index in [-0.39, 0.29) is 35.6 Å². The van der Waals surface area contributed by atoms with E-state index in [2.05, 4.69) is 27.4 Å². The van der Waals surface area contributed by atoms with Crippen LogP contribution in [0.2, 0.25) is 5.02 Å². The summed E-state index contributed by atoms with van der Waals surface area (Å²) in [5.41, 5.74) is 0.191. The fraction of sp³-hybridized carbons (Fsp3) is 0.655. The third-order valence-electron chi connectivity index (χ3n) is 10.6. The number of fused-ring (bicyclic) bond motifs is 1. The molecule has 8 heteroatoms. The maximum atomic E-state index is 13.5. The number of aliphatic hydroxyl groups excluding tert-OH is 1. The molecule has 2 bridgehead atoms. The summed E-state index contributed by atoms with van der Waals surface area (Å²) in [6.07, 6.45) is 4.02. The zero-order valence-electron chi connectivity index (χ0n) is 22.2. The minimum Gasteiger partial charge on any atom is -0.480 e. The molecule has 1 heterocycles. The molecule has 0 amide bonds. The number of Topliss-reactive ketones (excluding diaryl/α,β-unsaturated/α-hetero) is 1. The highest BCUT2D eigenvalue weighted by molar-refractivity contribution is 6.55. The molecule has 4 aliphatic rings. The first kappa shape index (κ1) is 26.8. The van der Waals surface area contributed by atoms with Gasteiger partial charge in [-0.1, -0.05) is 51.4 Å². The number of hydrogen-bond acceptors (Lipinski definition) is 6. The molecule has 1 aromatic rings. The smallest absolute Gasteiger partial charge is 0.344 e. The number of carbonyl (C=O) groups is 2. The summed E-state index contributed by atoms with van der Waals surface area (Å²) in [5.74, 6) is -0.0594. The van der Waals surface area contributed by atoms with Crippen molar-refractivity contribution in [3.05, 3.63) is 35.4 Å². The van der Waals surface area contributed by atoms with E-state index in [1.807, 2.05) is 13.0 Å². The molecule has 37 heavy (non-hydrogen) atoms. The third-order valence-corrected chi connectivity index (χ3v) is 11.0. The number of ether oxygens (including phenoxy) is 2. The fourth-order valence-corrected chi connectivity index (χ4v) is 8.31. The third kappa shape index (κ3) is 3.99. The lowest BCUT2D eigenvalue weighted by Crippen LogP contribution is -2.63. The summed E-state index contributed by atoms with van der Waals surface area (Å²) < 4.78 is 17.3. The standard InChI is InChI=1S/C29H37BClO6/c1-6-27(4)13-21(37-22(33)15-35-20-8-7-18-14-36-30-23(18)24(20)31)28(5)16(2)9-11-29(17(3)26(27)34)12-10-19(32)25(28)29/h6-8,16-17,21,25-26,34H,1,9-15H2,2-5H3/t16-,17+,21-,25+,26+,27-,28+,29+/m1/s1. The molecule has 1 N–H and O–H groups in total. The summed E-state index contributed by atoms with van der Waals surface area (Å²) in [5, 5.41) is 12.0. The molecule has 3 saturated carbocycles. The molecule has 0 spiro atoms. The van der Waals surface area contributed by atoms with Gasteiger partial charge in [-0.2, -0.15) is 0 Å². The van der Waals surface area contributed by atoms with Crippen LogP contribution in [0.15, 0.2) is 24.8 Å². The van der Waals surface area contributed by atoms with Gasteiger partial charge in [-0.3, -0.25) is 4.79 Å². The Balaban J connectivity index is 1.45. The van der Waals surface area contributed by atoms with E-state index in [9.17, 15) is 14.7 Å². The van der Waals surface area contributed by atoms with E-state index in [1.165, 1.54) is 0 Å². The van der Waals surface area contributed by atoms with Crippen LogP contribution < -0.4 is 10.2 Å². The predicted molar refractivity (Wildman–Crippen MR) is 142 cm³/mol. The van der Waals surface area contributed by atoms with Crippen molar-refractivity contribution in [1.29, 1.82) is 0 Å². The van der Waals surface area contributed by atoms with E-state index < -0.39 is 29.0 Å². The Hall–Kier alpha value is -1.83. The van der Waals surface area contributed by atoms with Gasteiger partial charge in [0.05, 0.1) is 17.7 Å². The molecule has 199 valence electrons. The second-order valence-electron chi connectivity index (χ2n) is 12.2. The molecule has 0 saturated heterocycles. The Bertz CT molecular complexity index is 1120. The molecule has 1 radical (unpaired) electrons. The van der Waals surface area contributed by atoms with Crippen molar-refractivity contribution in [2.24, 2.45) is 34.0 Å². The number of aliphatic hydroxyl groups is 1. The van der Waals surface area contributed by atoms with Gasteiger partial charge in [0.25, 0.3) is 0 Å². The number of hydrogen-bond donors (Lipinski definition) is 1. The van der Waals surface area contributed by atoms with Crippen LogP contribution in [0.25, 0.3) is 0 Å². The first-order valence-electron chi connectivity index (χ1n) is 13.4. The number of halogens is 1. The maximum absolute atomic E-state index is 13.5. The van der Waals surface area contributed by atoms with Crippen molar-refractivity contribution < 1.29 is 28.8 Å². The molecule has 3 fully saturated rings. The number of ketones is 1. The Morgan fingerprint density at radius 3 is 2.81 bits per heavy atom. The van der Waals surface area contributed by atoms with Crippen molar-refractivity contribution in [3.63, 3.8) is 0 Å². The minimum atomic E-state index is -0.697. The summed E-state index contributed by atoms with van der Waals surface area (Å²) in [7, 11) is 1.59. The fourth-order valence-electron chi connectivity index (χ4n) is 8.02. The lowest BCUT2D eigenvalue weighted by molar-refractivity contribution is -0.207. The molecule has 1 aromatic carbocycles. The van der Waals surface area contributed by atoms with Gasteiger partial charge in [0, 0.05) is 23.2 Å². The van der Waals surface area contributed by atoms with Crippen molar-refractivity contribution in [1.82, 2.24) is 0 Å². The summed E-state index contributed by atoms with van der Waals surface area (Å²) in [6.45, 7) is 12.6. The Morgan fingerprint density at radius 1 is 1.32 bits per heavy atom. The quantitative estimate of drug-likeness (QED) is 0.347. The Kier molecular flexibility index (Phi) is 6.82. The predicted octanol–water partition coefficient (Wildman–Crippen LogP) is 4.40. The topological polar surface area (TPSA) is 82.1 Å². The molecular formula is C29H37BClO6. The minimum absolute atomic E-state index is 0.0681. The van der Waals surface area contributed by atoms with Crippen LogP contribution in [0.1, 0.15) is 65.4 Å². The lowest BCUT2D eigenvalue weighted by atomic mass is 9.44. The second-order valence-corrected chi connectivity index (χ2v) is 12.6. The number of benzene rings is 1. The van der Waals surface area contributed by atoms with Gasteiger partial charge < -0.3 is 19.2 Å². The van der Waals surface area contributed by atoms with Gasteiger partial charge in [-0.15, -0.1) is 6.58 Å². The van der Waals surface area contributed by atoms with E-state index in [4.69, 9.17) is 25.7 Å². The average Bonchev–Trinajstić information content (AvgIpc) is 3.50. The van der Waals surface area contributed by atoms with Gasteiger partial charge in [-0.05, 0) is 60.0 Å². The Morgan fingerprint density at radius 2 is 2.08 bits per heavy atom. The maximum Gasteiger partial charge on any atom is 0.344 e. The van der Waals surface area contributed by atoms with Crippen molar-refractivity contribution in [2.75, 3.05) is 6.61 Å². The average molecular weight is 528 g/mol. The van der Waals surface area contributed by atoms with Crippen LogP contribution in [0.3, 0.4) is 0 Å². The zero-order valence-corrected chi connectivity index (χ0v) is 23.0. The summed E-state index contributed by atoms with van der Waals surface area (Å²) in [6, 6.07) is 3.60. The largest absolute Gasteiger partial charge is 0.480 e. The van der Waals surface area contributed by atoms with Gasteiger partial charge in [0.2, 0.25) is 0 Å². The highest BCUT2D eigenvalue weighted by Crippen LogP contribution is 2.68. The number of rotatable bonds is 5. The normalized spacial score (nSPS) is 40.6. The van der Waals surface area contributed by atoms with Crippen LogP contribution in [-0.2, 0) is 25.6 Å². The zero-order chi connectivity index (χ0) is 26.8.